The zero-order chi connectivity index (χ0) is 18.4. The van der Waals surface area contributed by atoms with Crippen LogP contribution < -0.4 is 10.1 Å². The fourth-order valence-electron chi connectivity index (χ4n) is 2.20. The Morgan fingerprint density at radius 1 is 1.20 bits per heavy atom. The number of rotatable bonds is 7. The van der Waals surface area contributed by atoms with Crippen LogP contribution in [0.25, 0.3) is 0 Å². The third-order valence-corrected chi connectivity index (χ3v) is 4.67. The molecule has 0 radical (unpaired) electrons. The highest BCUT2D eigenvalue weighted by Gasteiger charge is 2.07. The van der Waals surface area contributed by atoms with Crippen LogP contribution in [0.3, 0.4) is 0 Å². The summed E-state index contributed by atoms with van der Waals surface area (Å²) in [4.78, 5) is 11.5. The van der Waals surface area contributed by atoms with Gasteiger partial charge in [0, 0.05) is 5.69 Å². The summed E-state index contributed by atoms with van der Waals surface area (Å²) < 4.78 is 38.4. The number of ether oxygens (including phenoxy) is 1. The largest absolute Gasteiger partial charge is 0.744 e. The summed E-state index contributed by atoms with van der Waals surface area (Å²) in [5.41, 5.74) is 1.42. The molecule has 0 spiro atoms. The molecule has 1 N–H and O–H groups in total. The van der Waals surface area contributed by atoms with Crippen molar-refractivity contribution in [3.63, 3.8) is 0 Å². The van der Waals surface area contributed by atoms with Gasteiger partial charge in [0.05, 0.1) is 4.90 Å². The lowest BCUT2D eigenvalue weighted by atomic mass is 9.99. The Balaban J connectivity index is 1.93. The maximum absolute atomic E-state index is 11.9. The van der Waals surface area contributed by atoms with Gasteiger partial charge >= 0.3 is 0 Å². The Morgan fingerprint density at radius 3 is 2.48 bits per heavy atom. The fourth-order valence-corrected chi connectivity index (χ4v) is 2.72. The van der Waals surface area contributed by atoms with E-state index < -0.39 is 20.9 Å². The van der Waals surface area contributed by atoms with E-state index in [1.165, 1.54) is 23.8 Å². The van der Waals surface area contributed by atoms with E-state index in [0.29, 0.717) is 11.7 Å². The van der Waals surface area contributed by atoms with Crippen LogP contribution in [-0.4, -0.2) is 25.5 Å². The van der Waals surface area contributed by atoms with Crippen molar-refractivity contribution in [1.29, 1.82) is 0 Å². The van der Waals surface area contributed by atoms with Gasteiger partial charge in [-0.1, -0.05) is 32.0 Å². The lowest BCUT2D eigenvalue weighted by Gasteiger charge is -2.12. The maximum Gasteiger partial charge on any atom is 0.262 e. The Kier molecular flexibility index (Phi) is 6.17. The van der Waals surface area contributed by atoms with Crippen LogP contribution in [0.5, 0.6) is 5.75 Å². The smallest absolute Gasteiger partial charge is 0.262 e. The van der Waals surface area contributed by atoms with Crippen molar-refractivity contribution in [2.45, 2.75) is 31.1 Å². The van der Waals surface area contributed by atoms with Crippen molar-refractivity contribution in [3.8, 4) is 5.75 Å². The Hall–Kier alpha value is -2.38. The molecule has 7 heteroatoms. The number of amides is 1. The van der Waals surface area contributed by atoms with E-state index in [1.54, 1.807) is 12.1 Å². The minimum absolute atomic E-state index is 0.220. The molecule has 0 aromatic heterocycles. The Morgan fingerprint density at radius 2 is 1.88 bits per heavy atom. The molecule has 0 heterocycles. The molecule has 0 aliphatic carbocycles. The molecule has 0 aliphatic heterocycles. The lowest BCUT2D eigenvalue weighted by Crippen LogP contribution is -2.20. The van der Waals surface area contributed by atoms with Gasteiger partial charge in [-0.15, -0.1) is 0 Å². The molecule has 0 saturated heterocycles. The van der Waals surface area contributed by atoms with Crippen molar-refractivity contribution in [2.75, 3.05) is 11.9 Å². The summed E-state index contributed by atoms with van der Waals surface area (Å²) in [5, 5.41) is 2.50. The predicted octanol–water partition coefficient (Wildman–Crippen LogP) is 3.12. The van der Waals surface area contributed by atoms with Crippen molar-refractivity contribution in [2.24, 2.45) is 0 Å². The first kappa shape index (κ1) is 19.0. The molecule has 2 aromatic rings. The van der Waals surface area contributed by atoms with Gasteiger partial charge < -0.3 is 14.6 Å². The number of carbonyl (C=O) groups excluding carboxylic acids is 1. The van der Waals surface area contributed by atoms with Crippen LogP contribution >= 0.6 is 0 Å². The van der Waals surface area contributed by atoms with Crippen molar-refractivity contribution in [3.05, 3.63) is 54.1 Å². The molecule has 2 rings (SSSR count). The summed E-state index contributed by atoms with van der Waals surface area (Å²) in [6, 6.07) is 12.7. The normalized spacial score (nSPS) is 12.4. The number of hydrogen-bond donors (Lipinski definition) is 1. The van der Waals surface area contributed by atoms with E-state index in [0.717, 1.165) is 12.5 Å². The number of benzene rings is 2. The molecule has 1 amide bonds. The van der Waals surface area contributed by atoms with Crippen LogP contribution in [0.15, 0.2) is 53.4 Å². The first-order valence-corrected chi connectivity index (χ1v) is 9.29. The summed E-state index contributed by atoms with van der Waals surface area (Å²) in [6.45, 7) is 4.03. The highest BCUT2D eigenvalue weighted by atomic mass is 32.2. The molecule has 1 atom stereocenters. The second-order valence-electron chi connectivity index (χ2n) is 5.70. The summed E-state index contributed by atoms with van der Waals surface area (Å²) in [6.07, 6.45) is 1.04. The molecule has 134 valence electrons. The summed E-state index contributed by atoms with van der Waals surface area (Å²) in [7, 11) is -4.56. The highest BCUT2D eigenvalue weighted by molar-refractivity contribution is 7.85. The number of carbonyl (C=O) groups is 1. The zero-order valence-corrected chi connectivity index (χ0v) is 14.9. The molecular formula is C18H20NO5S-. The van der Waals surface area contributed by atoms with Crippen LogP contribution in [0.4, 0.5) is 5.69 Å². The fraction of sp³-hybridized carbons (Fsp3) is 0.278. The van der Waals surface area contributed by atoms with E-state index in [-0.39, 0.29) is 12.3 Å². The van der Waals surface area contributed by atoms with E-state index in [9.17, 15) is 17.8 Å². The van der Waals surface area contributed by atoms with Crippen LogP contribution in [-0.2, 0) is 14.9 Å². The van der Waals surface area contributed by atoms with Gasteiger partial charge in [0.1, 0.15) is 15.9 Å². The third-order valence-electron chi connectivity index (χ3n) is 3.84. The van der Waals surface area contributed by atoms with Gasteiger partial charge in [0.25, 0.3) is 5.91 Å². The quantitative estimate of drug-likeness (QED) is 0.764. The van der Waals surface area contributed by atoms with E-state index in [1.807, 2.05) is 12.1 Å². The zero-order valence-electron chi connectivity index (χ0n) is 14.1. The molecule has 0 fully saturated rings. The van der Waals surface area contributed by atoms with Gasteiger partial charge in [-0.05, 0) is 48.2 Å². The van der Waals surface area contributed by atoms with Gasteiger partial charge in [-0.3, -0.25) is 4.79 Å². The van der Waals surface area contributed by atoms with Crippen LogP contribution in [0.2, 0.25) is 0 Å². The minimum atomic E-state index is -4.56. The van der Waals surface area contributed by atoms with Gasteiger partial charge in [0.2, 0.25) is 0 Å². The second kappa shape index (κ2) is 8.13. The van der Waals surface area contributed by atoms with Crippen molar-refractivity contribution < 1.29 is 22.5 Å². The van der Waals surface area contributed by atoms with Gasteiger partial charge in [-0.25, -0.2) is 8.42 Å². The van der Waals surface area contributed by atoms with Crippen LogP contribution in [0, 0.1) is 0 Å². The SMILES string of the molecule is CCC(C)c1ccc(OCC(=O)Nc2cccc(S(=O)(=O)[O-])c2)cc1. The first-order valence-electron chi connectivity index (χ1n) is 7.88. The van der Waals surface area contributed by atoms with E-state index in [4.69, 9.17) is 4.74 Å². The lowest BCUT2D eigenvalue weighted by molar-refractivity contribution is -0.118. The van der Waals surface area contributed by atoms with Crippen molar-refractivity contribution in [1.82, 2.24) is 0 Å². The summed E-state index contributed by atoms with van der Waals surface area (Å²) >= 11 is 0. The second-order valence-corrected chi connectivity index (χ2v) is 7.08. The van der Waals surface area contributed by atoms with Gasteiger partial charge in [-0.2, -0.15) is 0 Å². The van der Waals surface area contributed by atoms with Crippen LogP contribution in [0.1, 0.15) is 31.7 Å². The predicted molar refractivity (Wildman–Crippen MR) is 93.7 cm³/mol. The topological polar surface area (TPSA) is 95.5 Å². The van der Waals surface area contributed by atoms with Crippen molar-refractivity contribution >= 4 is 21.7 Å². The number of anilines is 1. The maximum atomic E-state index is 11.9. The molecule has 1 unspecified atom stereocenters. The Bertz CT molecular complexity index is 831. The minimum Gasteiger partial charge on any atom is -0.744 e. The average molecular weight is 362 g/mol. The molecule has 0 saturated carbocycles. The highest BCUT2D eigenvalue weighted by Crippen LogP contribution is 2.21. The van der Waals surface area contributed by atoms with E-state index in [2.05, 4.69) is 19.2 Å². The van der Waals surface area contributed by atoms with E-state index >= 15 is 0 Å². The molecule has 0 aliphatic rings. The molecule has 2 aromatic carbocycles. The first-order chi connectivity index (χ1) is 11.8. The Labute approximate surface area is 147 Å². The standard InChI is InChI=1S/C18H21NO5S/c1-3-13(2)14-7-9-16(10-8-14)24-12-18(20)19-15-5-4-6-17(11-15)25(21,22)23/h4-11,13H,3,12H2,1-2H3,(H,19,20)(H,21,22,23)/p-1. The van der Waals surface area contributed by atoms with Gasteiger partial charge in [0.15, 0.2) is 6.61 Å². The third kappa shape index (κ3) is 5.58. The molecule has 25 heavy (non-hydrogen) atoms. The monoisotopic (exact) mass is 362 g/mol. The molecule has 6 nitrogen and oxygen atoms in total. The summed E-state index contributed by atoms with van der Waals surface area (Å²) in [5.74, 6) is 0.575. The average Bonchev–Trinajstić information content (AvgIpc) is 2.59. The number of hydrogen-bond acceptors (Lipinski definition) is 5. The molecule has 0 bridgehead atoms. The number of nitrogens with one attached hydrogen (secondary N) is 1. The molecular weight excluding hydrogens is 342 g/mol.